The van der Waals surface area contributed by atoms with E-state index in [1.165, 1.54) is 24.4 Å². The summed E-state index contributed by atoms with van der Waals surface area (Å²) in [6, 6.07) is 17.1. The highest BCUT2D eigenvalue weighted by molar-refractivity contribution is 6.07. The quantitative estimate of drug-likeness (QED) is 0.624. The number of carbonyl (C=O) groups is 2. The maximum Gasteiger partial charge on any atom is 0.335 e. The third-order valence-corrected chi connectivity index (χ3v) is 3.45. The average Bonchev–Trinajstić information content (AvgIpc) is 2.63. The van der Waals surface area contributed by atoms with Gasteiger partial charge in [-0.05, 0) is 37.3 Å². The van der Waals surface area contributed by atoms with Crippen LogP contribution in [0.4, 0.5) is 11.4 Å². The van der Waals surface area contributed by atoms with Gasteiger partial charge in [-0.1, -0.05) is 24.3 Å². The van der Waals surface area contributed by atoms with Crippen LogP contribution in [0.25, 0.3) is 0 Å². The Bertz CT molecular complexity index is 838. The molecule has 0 saturated heterocycles. The Morgan fingerprint density at radius 1 is 1.20 bits per heavy atom. The predicted octanol–water partition coefficient (Wildman–Crippen LogP) is 3.26. The first kappa shape index (κ1) is 17.8. The molecule has 2 aromatic rings. The first-order valence-electron chi connectivity index (χ1n) is 7.63. The van der Waals surface area contributed by atoms with E-state index in [0.29, 0.717) is 12.2 Å². The minimum atomic E-state index is -1.09. The van der Waals surface area contributed by atoms with Gasteiger partial charge < -0.3 is 15.3 Å². The molecule has 6 nitrogen and oxygen atoms in total. The molecule has 0 aromatic heterocycles. The Hall–Kier alpha value is -3.59. The predicted molar refractivity (Wildman–Crippen MR) is 95.2 cm³/mol. The van der Waals surface area contributed by atoms with E-state index in [1.54, 1.807) is 11.0 Å². The normalized spacial score (nSPS) is 10.6. The fraction of sp³-hybridized carbons (Fsp3) is 0.105. The minimum absolute atomic E-state index is 0.0553. The first-order valence-corrected chi connectivity index (χ1v) is 7.63. The lowest BCUT2D eigenvalue weighted by Crippen LogP contribution is -2.20. The zero-order valence-electron chi connectivity index (χ0n) is 13.6. The molecule has 25 heavy (non-hydrogen) atoms. The van der Waals surface area contributed by atoms with Gasteiger partial charge >= 0.3 is 5.97 Å². The van der Waals surface area contributed by atoms with Gasteiger partial charge in [-0.25, -0.2) is 4.79 Å². The van der Waals surface area contributed by atoms with Crippen molar-refractivity contribution in [1.29, 1.82) is 5.26 Å². The molecule has 0 unspecified atom stereocenters. The van der Waals surface area contributed by atoms with Gasteiger partial charge in [0.05, 0.1) is 5.56 Å². The Kier molecular flexibility index (Phi) is 5.91. The van der Waals surface area contributed by atoms with Crippen LogP contribution in [0.5, 0.6) is 0 Å². The van der Waals surface area contributed by atoms with E-state index in [9.17, 15) is 14.9 Å². The highest BCUT2D eigenvalue weighted by Crippen LogP contribution is 2.16. The molecule has 2 rings (SSSR count). The topological polar surface area (TPSA) is 93.4 Å². The van der Waals surface area contributed by atoms with E-state index < -0.39 is 11.9 Å². The van der Waals surface area contributed by atoms with Crippen LogP contribution in [0.3, 0.4) is 0 Å². The fourth-order valence-electron chi connectivity index (χ4n) is 2.19. The van der Waals surface area contributed by atoms with Gasteiger partial charge in [-0.2, -0.15) is 5.26 Å². The number of carboxylic acid groups (broad SMARTS) is 1. The highest BCUT2D eigenvalue weighted by Gasteiger charge is 2.13. The number of carbonyl (C=O) groups excluding carboxylic acids is 1. The van der Waals surface area contributed by atoms with Crippen molar-refractivity contribution in [2.75, 3.05) is 16.8 Å². The summed E-state index contributed by atoms with van der Waals surface area (Å²) >= 11 is 0. The van der Waals surface area contributed by atoms with Crippen LogP contribution in [-0.2, 0) is 4.79 Å². The lowest BCUT2D eigenvalue weighted by Gasteiger charge is -2.18. The molecule has 0 aliphatic rings. The Balaban J connectivity index is 2.22. The number of nitrogens with one attached hydrogen (secondary N) is 1. The van der Waals surface area contributed by atoms with Crippen molar-refractivity contribution in [2.24, 2.45) is 0 Å². The standard InChI is InChI=1S/C19H17N3O3/c1-2-22(17-9-4-3-5-10-17)13-15(12-20)18(23)21-16-8-6-7-14(11-16)19(24)25/h3-11,13H,2H2,1H3,(H,21,23)(H,24,25)/b15-13-. The number of benzene rings is 2. The summed E-state index contributed by atoms with van der Waals surface area (Å²) in [5, 5.41) is 20.9. The number of nitriles is 1. The number of nitrogens with zero attached hydrogens (tertiary/aromatic N) is 2. The molecule has 0 fully saturated rings. The number of anilines is 2. The number of rotatable bonds is 6. The van der Waals surface area contributed by atoms with Gasteiger partial charge in [-0.3, -0.25) is 4.79 Å². The van der Waals surface area contributed by atoms with Gasteiger partial charge in [0.25, 0.3) is 5.91 Å². The Labute approximate surface area is 145 Å². The third-order valence-electron chi connectivity index (χ3n) is 3.45. The van der Waals surface area contributed by atoms with Crippen LogP contribution in [0.1, 0.15) is 17.3 Å². The molecule has 0 aliphatic carbocycles. The van der Waals surface area contributed by atoms with Crippen molar-refractivity contribution in [2.45, 2.75) is 6.92 Å². The molecular weight excluding hydrogens is 318 g/mol. The molecule has 0 spiro atoms. The maximum atomic E-state index is 12.3. The van der Waals surface area contributed by atoms with E-state index in [2.05, 4.69) is 5.32 Å². The minimum Gasteiger partial charge on any atom is -0.478 e. The van der Waals surface area contributed by atoms with Gasteiger partial charge in [0.15, 0.2) is 0 Å². The summed E-state index contributed by atoms with van der Waals surface area (Å²) < 4.78 is 0. The summed E-state index contributed by atoms with van der Waals surface area (Å²) in [5.41, 5.74) is 1.15. The van der Waals surface area contributed by atoms with Crippen LogP contribution in [0, 0.1) is 11.3 Å². The van der Waals surface area contributed by atoms with E-state index in [-0.39, 0.29) is 11.1 Å². The zero-order chi connectivity index (χ0) is 18.2. The SMILES string of the molecule is CCN(/C=C(/C#N)C(=O)Nc1cccc(C(=O)O)c1)c1ccccc1. The van der Waals surface area contributed by atoms with E-state index in [4.69, 9.17) is 5.11 Å². The molecule has 0 radical (unpaired) electrons. The second-order valence-electron chi connectivity index (χ2n) is 5.12. The molecule has 2 N–H and O–H groups in total. The molecule has 2 aromatic carbocycles. The monoisotopic (exact) mass is 335 g/mol. The highest BCUT2D eigenvalue weighted by atomic mass is 16.4. The smallest absolute Gasteiger partial charge is 0.335 e. The average molecular weight is 335 g/mol. The Morgan fingerprint density at radius 3 is 2.52 bits per heavy atom. The Morgan fingerprint density at radius 2 is 1.92 bits per heavy atom. The van der Waals surface area contributed by atoms with Crippen LogP contribution in [0.2, 0.25) is 0 Å². The number of hydrogen-bond donors (Lipinski definition) is 2. The first-order chi connectivity index (χ1) is 12.0. The van der Waals surface area contributed by atoms with E-state index in [1.807, 2.05) is 43.3 Å². The zero-order valence-corrected chi connectivity index (χ0v) is 13.6. The molecule has 1 amide bonds. The van der Waals surface area contributed by atoms with Gasteiger partial charge in [0, 0.05) is 24.1 Å². The summed E-state index contributed by atoms with van der Waals surface area (Å²) in [5.74, 6) is -1.69. The number of aromatic carboxylic acids is 1. The second-order valence-corrected chi connectivity index (χ2v) is 5.12. The summed E-state index contributed by atoms with van der Waals surface area (Å²) in [4.78, 5) is 25.1. The summed E-state index contributed by atoms with van der Waals surface area (Å²) in [6.07, 6.45) is 1.48. The molecule has 0 bridgehead atoms. The lowest BCUT2D eigenvalue weighted by molar-refractivity contribution is -0.112. The third kappa shape index (κ3) is 4.69. The van der Waals surface area contributed by atoms with Crippen molar-refractivity contribution in [1.82, 2.24) is 0 Å². The summed E-state index contributed by atoms with van der Waals surface area (Å²) in [6.45, 7) is 2.49. The van der Waals surface area contributed by atoms with Crippen molar-refractivity contribution >= 4 is 23.3 Å². The maximum absolute atomic E-state index is 12.3. The van der Waals surface area contributed by atoms with E-state index in [0.717, 1.165) is 5.69 Å². The van der Waals surface area contributed by atoms with Gasteiger partial charge in [0.1, 0.15) is 11.6 Å². The molecule has 0 saturated carbocycles. The number of amides is 1. The molecule has 6 heteroatoms. The fourth-order valence-corrected chi connectivity index (χ4v) is 2.19. The van der Waals surface area contributed by atoms with E-state index >= 15 is 0 Å². The van der Waals surface area contributed by atoms with Crippen LogP contribution < -0.4 is 10.2 Å². The molecule has 0 heterocycles. The molecular formula is C19H17N3O3. The molecule has 0 aliphatic heterocycles. The van der Waals surface area contributed by atoms with Crippen molar-refractivity contribution in [3.8, 4) is 6.07 Å². The van der Waals surface area contributed by atoms with Crippen LogP contribution >= 0.6 is 0 Å². The summed E-state index contributed by atoms with van der Waals surface area (Å²) in [7, 11) is 0. The van der Waals surface area contributed by atoms with Crippen LogP contribution in [0.15, 0.2) is 66.4 Å². The largest absolute Gasteiger partial charge is 0.478 e. The van der Waals surface area contributed by atoms with Crippen LogP contribution in [-0.4, -0.2) is 23.5 Å². The number of carboxylic acids is 1. The number of para-hydroxylation sites is 1. The number of hydrogen-bond acceptors (Lipinski definition) is 4. The van der Waals surface area contributed by atoms with Gasteiger partial charge in [0.2, 0.25) is 0 Å². The molecule has 126 valence electrons. The van der Waals surface area contributed by atoms with Crippen molar-refractivity contribution in [3.05, 3.63) is 71.9 Å². The second kappa shape index (κ2) is 8.31. The van der Waals surface area contributed by atoms with Crippen molar-refractivity contribution in [3.63, 3.8) is 0 Å². The van der Waals surface area contributed by atoms with Gasteiger partial charge in [-0.15, -0.1) is 0 Å². The van der Waals surface area contributed by atoms with Crippen molar-refractivity contribution < 1.29 is 14.7 Å². The lowest BCUT2D eigenvalue weighted by atomic mass is 10.2. The molecule has 0 atom stereocenters.